The van der Waals surface area contributed by atoms with E-state index in [0.717, 1.165) is 30.2 Å². The second kappa shape index (κ2) is 9.38. The van der Waals surface area contributed by atoms with Crippen LogP contribution in [0.2, 0.25) is 5.02 Å². The van der Waals surface area contributed by atoms with Crippen LogP contribution in [0.25, 0.3) is 0 Å². The van der Waals surface area contributed by atoms with Crippen LogP contribution in [0.1, 0.15) is 38.9 Å². The van der Waals surface area contributed by atoms with E-state index < -0.39 is 0 Å². The maximum atomic E-state index is 6.22. The maximum absolute atomic E-state index is 6.22. The van der Waals surface area contributed by atoms with Gasteiger partial charge in [0, 0.05) is 31.2 Å². The summed E-state index contributed by atoms with van der Waals surface area (Å²) in [5.74, 6) is 0. The van der Waals surface area contributed by atoms with E-state index in [1.54, 1.807) is 0 Å². The Morgan fingerprint density at radius 2 is 1.36 bits per heavy atom. The molecule has 3 aromatic rings. The molecule has 0 aliphatic rings. The smallest absolute Gasteiger partial charge is 0.0409 e. The van der Waals surface area contributed by atoms with Crippen LogP contribution in [0.15, 0.2) is 60.7 Å². The Morgan fingerprint density at radius 3 is 1.96 bits per heavy atom. The number of aryl methyl sites for hydroxylation is 3. The molecule has 0 heterocycles. The molecule has 0 aliphatic carbocycles. The molecule has 3 aromatic carbocycles. The Hall–Kier alpha value is -2.13. The molecule has 0 aromatic heterocycles. The fourth-order valence-corrected chi connectivity index (χ4v) is 4.00. The summed E-state index contributed by atoms with van der Waals surface area (Å²) in [6.45, 7) is 9.80. The molecule has 0 atom stereocenters. The van der Waals surface area contributed by atoms with E-state index in [2.05, 4.69) is 74.2 Å². The lowest BCUT2D eigenvalue weighted by molar-refractivity contribution is 0.246. The third-order valence-electron chi connectivity index (χ3n) is 5.18. The van der Waals surface area contributed by atoms with Gasteiger partial charge in [-0.25, -0.2) is 0 Å². The van der Waals surface area contributed by atoms with Gasteiger partial charge in [0.2, 0.25) is 0 Å². The fourth-order valence-electron chi connectivity index (χ4n) is 3.78. The van der Waals surface area contributed by atoms with Gasteiger partial charge in [-0.1, -0.05) is 65.7 Å². The molecule has 0 bridgehead atoms. The molecule has 0 saturated heterocycles. The highest BCUT2D eigenvalue weighted by Gasteiger charge is 2.13. The van der Waals surface area contributed by atoms with Gasteiger partial charge in [-0.05, 0) is 66.3 Å². The third kappa shape index (κ3) is 5.45. The molecule has 0 aliphatic heterocycles. The number of halogens is 1. The first kappa shape index (κ1) is 20.6. The van der Waals surface area contributed by atoms with Crippen molar-refractivity contribution < 1.29 is 0 Å². The van der Waals surface area contributed by atoms with E-state index in [1.807, 2.05) is 12.1 Å². The summed E-state index contributed by atoms with van der Waals surface area (Å²) in [7, 11) is 0. The van der Waals surface area contributed by atoms with Gasteiger partial charge in [-0.3, -0.25) is 4.90 Å². The predicted octanol–water partition coefficient (Wildman–Crippen LogP) is 5.93. The number of benzene rings is 3. The van der Waals surface area contributed by atoms with Gasteiger partial charge in [-0.2, -0.15) is 0 Å². The number of nitrogens with zero attached hydrogens (tertiary/aromatic N) is 1. The summed E-state index contributed by atoms with van der Waals surface area (Å²) in [6, 6.07) is 21.3. The Balaban J connectivity index is 1.87. The lowest BCUT2D eigenvalue weighted by Gasteiger charge is -2.25. The molecule has 0 spiro atoms. The molecule has 2 N–H and O–H groups in total. The van der Waals surface area contributed by atoms with Gasteiger partial charge in [0.25, 0.3) is 0 Å². The molecular formula is C25H29ClN2. The van der Waals surface area contributed by atoms with Crippen molar-refractivity contribution in [2.24, 2.45) is 5.73 Å². The number of nitrogens with two attached hydrogens (primary N) is 1. The fraction of sp³-hybridized carbons (Fsp3) is 0.280. The van der Waals surface area contributed by atoms with Crippen molar-refractivity contribution in [3.05, 3.63) is 105 Å². The summed E-state index contributed by atoms with van der Waals surface area (Å²) in [5.41, 5.74) is 14.9. The number of rotatable bonds is 7. The summed E-state index contributed by atoms with van der Waals surface area (Å²) < 4.78 is 0. The van der Waals surface area contributed by atoms with E-state index in [0.29, 0.717) is 6.54 Å². The zero-order valence-electron chi connectivity index (χ0n) is 17.0. The zero-order valence-corrected chi connectivity index (χ0v) is 17.8. The zero-order chi connectivity index (χ0) is 20.1. The number of hydrogen-bond donors (Lipinski definition) is 1. The molecule has 28 heavy (non-hydrogen) atoms. The third-order valence-corrected chi connectivity index (χ3v) is 5.42. The summed E-state index contributed by atoms with van der Waals surface area (Å²) >= 11 is 6.22. The van der Waals surface area contributed by atoms with E-state index in [1.165, 1.54) is 33.4 Å². The SMILES string of the molecule is Cc1cc(C)c(CN(Cc2ccc(CN)cc2)Cc2cccc(Cl)c2)c(C)c1. The number of hydrogen-bond acceptors (Lipinski definition) is 2. The first-order chi connectivity index (χ1) is 13.4. The van der Waals surface area contributed by atoms with Crippen molar-refractivity contribution in [2.75, 3.05) is 0 Å². The van der Waals surface area contributed by atoms with Crippen molar-refractivity contribution in [1.29, 1.82) is 0 Å². The van der Waals surface area contributed by atoms with E-state index in [4.69, 9.17) is 17.3 Å². The normalized spacial score (nSPS) is 11.2. The van der Waals surface area contributed by atoms with Crippen molar-refractivity contribution in [3.63, 3.8) is 0 Å². The van der Waals surface area contributed by atoms with E-state index >= 15 is 0 Å². The largest absolute Gasteiger partial charge is 0.326 e. The quantitative estimate of drug-likeness (QED) is 0.540. The van der Waals surface area contributed by atoms with E-state index in [9.17, 15) is 0 Å². The Kier molecular flexibility index (Phi) is 6.90. The maximum Gasteiger partial charge on any atom is 0.0409 e. The Bertz CT molecular complexity index is 909. The molecule has 0 amide bonds. The first-order valence-corrected chi connectivity index (χ1v) is 10.1. The predicted molar refractivity (Wildman–Crippen MR) is 119 cm³/mol. The average Bonchev–Trinajstić information content (AvgIpc) is 2.65. The van der Waals surface area contributed by atoms with Crippen molar-refractivity contribution in [2.45, 2.75) is 47.0 Å². The van der Waals surface area contributed by atoms with Gasteiger partial charge in [0.05, 0.1) is 0 Å². The lowest BCUT2D eigenvalue weighted by Crippen LogP contribution is -2.23. The standard InChI is InChI=1S/C25H29ClN2/c1-18-11-19(2)25(20(3)12-18)17-28(16-23-5-4-6-24(26)13-23)15-22-9-7-21(14-27)8-10-22/h4-13H,14-17,27H2,1-3H3. The minimum absolute atomic E-state index is 0.578. The molecule has 0 unspecified atom stereocenters. The van der Waals surface area contributed by atoms with Gasteiger partial charge >= 0.3 is 0 Å². The lowest BCUT2D eigenvalue weighted by atomic mass is 9.99. The van der Waals surface area contributed by atoms with Crippen LogP contribution in [0.3, 0.4) is 0 Å². The van der Waals surface area contributed by atoms with Gasteiger partial charge in [0.1, 0.15) is 0 Å². The molecule has 2 nitrogen and oxygen atoms in total. The van der Waals surface area contributed by atoms with E-state index in [-0.39, 0.29) is 0 Å². The highest BCUT2D eigenvalue weighted by molar-refractivity contribution is 6.30. The van der Waals surface area contributed by atoms with Crippen LogP contribution in [0.4, 0.5) is 0 Å². The Morgan fingerprint density at radius 1 is 0.750 bits per heavy atom. The molecule has 3 rings (SSSR count). The van der Waals surface area contributed by atoms with Crippen molar-refractivity contribution in [1.82, 2.24) is 4.90 Å². The molecule has 3 heteroatoms. The van der Waals surface area contributed by atoms with Crippen molar-refractivity contribution in [3.8, 4) is 0 Å². The van der Waals surface area contributed by atoms with Crippen molar-refractivity contribution >= 4 is 11.6 Å². The van der Waals surface area contributed by atoms with Crippen LogP contribution >= 0.6 is 11.6 Å². The Labute approximate surface area is 174 Å². The van der Waals surface area contributed by atoms with Gasteiger partial charge in [0.15, 0.2) is 0 Å². The molecule has 0 fully saturated rings. The summed E-state index contributed by atoms with van der Waals surface area (Å²) in [5, 5.41) is 0.785. The molecule has 146 valence electrons. The second-order valence-corrected chi connectivity index (χ2v) is 8.11. The topological polar surface area (TPSA) is 29.3 Å². The molecular weight excluding hydrogens is 364 g/mol. The second-order valence-electron chi connectivity index (χ2n) is 7.67. The van der Waals surface area contributed by atoms with Crippen LogP contribution in [0.5, 0.6) is 0 Å². The van der Waals surface area contributed by atoms with Gasteiger partial charge in [-0.15, -0.1) is 0 Å². The van der Waals surface area contributed by atoms with Crippen LogP contribution in [-0.4, -0.2) is 4.90 Å². The minimum Gasteiger partial charge on any atom is -0.326 e. The minimum atomic E-state index is 0.578. The highest BCUT2D eigenvalue weighted by Crippen LogP contribution is 2.22. The highest BCUT2D eigenvalue weighted by atomic mass is 35.5. The average molecular weight is 393 g/mol. The first-order valence-electron chi connectivity index (χ1n) is 9.76. The summed E-state index contributed by atoms with van der Waals surface area (Å²) in [4.78, 5) is 2.48. The van der Waals surface area contributed by atoms with Crippen LogP contribution in [0, 0.1) is 20.8 Å². The summed E-state index contributed by atoms with van der Waals surface area (Å²) in [6.07, 6.45) is 0. The molecule has 0 radical (unpaired) electrons. The van der Waals surface area contributed by atoms with Gasteiger partial charge < -0.3 is 5.73 Å². The molecule has 0 saturated carbocycles. The monoisotopic (exact) mass is 392 g/mol. The van der Waals surface area contributed by atoms with Crippen LogP contribution < -0.4 is 5.73 Å². The van der Waals surface area contributed by atoms with Crippen LogP contribution in [-0.2, 0) is 26.2 Å².